The van der Waals surface area contributed by atoms with Gasteiger partial charge in [-0.1, -0.05) is 24.0 Å². The minimum atomic E-state index is -3.87. The highest BCUT2D eigenvalue weighted by atomic mass is 32.2. The molecule has 0 aliphatic rings. The lowest BCUT2D eigenvalue weighted by molar-refractivity contribution is -0.156. The van der Waals surface area contributed by atoms with E-state index in [1.807, 2.05) is 0 Å². The highest BCUT2D eigenvalue weighted by molar-refractivity contribution is 7.89. The standard InChI is InChI=1S/C22H25NO5S/c1-16(21(25)28-22(2,3)4)23-29(26,27)20-13-11-18(12-14-20)6-5-17-7-9-19(15-24)10-8-17/h7-14,16,23-24H,15H2,1-4H3/t16-/m1/s1. The van der Waals surface area contributed by atoms with Crippen LogP contribution >= 0.6 is 0 Å². The van der Waals surface area contributed by atoms with Gasteiger partial charge in [-0.25, -0.2) is 8.42 Å². The molecule has 0 fully saturated rings. The number of rotatable bonds is 5. The lowest BCUT2D eigenvalue weighted by atomic mass is 10.1. The number of hydrogen-bond acceptors (Lipinski definition) is 5. The summed E-state index contributed by atoms with van der Waals surface area (Å²) in [4.78, 5) is 12.0. The Balaban J connectivity index is 2.08. The quantitative estimate of drug-likeness (QED) is 0.578. The van der Waals surface area contributed by atoms with Crippen molar-refractivity contribution in [3.05, 3.63) is 65.2 Å². The van der Waals surface area contributed by atoms with Crippen LogP contribution < -0.4 is 4.72 Å². The van der Waals surface area contributed by atoms with Crippen molar-refractivity contribution >= 4 is 16.0 Å². The second-order valence-electron chi connectivity index (χ2n) is 7.51. The molecule has 0 radical (unpaired) electrons. The topological polar surface area (TPSA) is 92.7 Å². The minimum absolute atomic E-state index is 0.0236. The molecule has 2 N–H and O–H groups in total. The summed E-state index contributed by atoms with van der Waals surface area (Å²) in [7, 11) is -3.87. The Kier molecular flexibility index (Phi) is 7.20. The molecule has 2 aromatic carbocycles. The van der Waals surface area contributed by atoms with Gasteiger partial charge in [-0.2, -0.15) is 4.72 Å². The molecule has 0 amide bonds. The molecule has 2 aromatic rings. The average Bonchev–Trinajstić information content (AvgIpc) is 2.65. The van der Waals surface area contributed by atoms with Crippen molar-refractivity contribution in [1.29, 1.82) is 0 Å². The monoisotopic (exact) mass is 415 g/mol. The van der Waals surface area contributed by atoms with Crippen molar-refractivity contribution in [2.24, 2.45) is 0 Å². The lowest BCUT2D eigenvalue weighted by Crippen LogP contribution is -2.42. The van der Waals surface area contributed by atoms with Crippen LogP contribution in [-0.2, 0) is 26.2 Å². The molecule has 0 unspecified atom stereocenters. The van der Waals surface area contributed by atoms with Crippen LogP contribution in [0, 0.1) is 11.8 Å². The number of carbonyl (C=O) groups is 1. The van der Waals surface area contributed by atoms with E-state index < -0.39 is 27.6 Å². The number of benzene rings is 2. The summed E-state index contributed by atoms with van der Waals surface area (Å²) >= 11 is 0. The molecule has 29 heavy (non-hydrogen) atoms. The van der Waals surface area contributed by atoms with Gasteiger partial charge in [0.05, 0.1) is 11.5 Å². The van der Waals surface area contributed by atoms with Crippen molar-refractivity contribution in [3.63, 3.8) is 0 Å². The number of aliphatic hydroxyl groups is 1. The Labute approximate surface area is 172 Å². The Hall–Kier alpha value is -2.66. The van der Waals surface area contributed by atoms with E-state index >= 15 is 0 Å². The van der Waals surface area contributed by atoms with Gasteiger partial charge in [0.15, 0.2) is 0 Å². The smallest absolute Gasteiger partial charge is 0.324 e. The van der Waals surface area contributed by atoms with E-state index in [2.05, 4.69) is 16.6 Å². The maximum atomic E-state index is 12.5. The zero-order valence-electron chi connectivity index (χ0n) is 16.9. The number of ether oxygens (including phenoxy) is 1. The molecule has 6 nitrogen and oxygen atoms in total. The Morgan fingerprint density at radius 1 is 1.03 bits per heavy atom. The molecule has 2 rings (SSSR count). The van der Waals surface area contributed by atoms with Gasteiger partial charge in [-0.15, -0.1) is 0 Å². The van der Waals surface area contributed by atoms with E-state index in [4.69, 9.17) is 9.84 Å². The summed E-state index contributed by atoms with van der Waals surface area (Å²) < 4.78 is 32.5. The molecule has 1 atom stereocenters. The lowest BCUT2D eigenvalue weighted by Gasteiger charge is -2.22. The molecular formula is C22H25NO5S. The van der Waals surface area contributed by atoms with Crippen molar-refractivity contribution in [2.45, 2.75) is 50.8 Å². The Bertz CT molecular complexity index is 1010. The SMILES string of the molecule is C[C@@H](NS(=O)(=O)c1ccc(C#Cc2ccc(CO)cc2)cc1)C(=O)OC(C)(C)C. The molecule has 0 heterocycles. The van der Waals surface area contributed by atoms with Gasteiger partial charge in [0.2, 0.25) is 10.0 Å². The van der Waals surface area contributed by atoms with Gasteiger partial charge >= 0.3 is 5.97 Å². The summed E-state index contributed by atoms with van der Waals surface area (Å²) in [5.41, 5.74) is 1.54. The fraction of sp³-hybridized carbons (Fsp3) is 0.318. The first kappa shape index (κ1) is 22.6. The summed E-state index contributed by atoms with van der Waals surface area (Å²) in [6.45, 7) is 6.56. The van der Waals surface area contributed by atoms with Gasteiger partial charge in [0.25, 0.3) is 0 Å². The normalized spacial score (nSPS) is 12.6. The van der Waals surface area contributed by atoms with Crippen LogP contribution in [0.15, 0.2) is 53.4 Å². The van der Waals surface area contributed by atoms with E-state index in [0.717, 1.165) is 11.1 Å². The molecule has 0 aromatic heterocycles. The van der Waals surface area contributed by atoms with Crippen LogP contribution in [0.3, 0.4) is 0 Å². The highest BCUT2D eigenvalue weighted by Crippen LogP contribution is 2.13. The van der Waals surface area contributed by atoms with Crippen LogP contribution in [-0.4, -0.2) is 31.1 Å². The number of aliphatic hydroxyl groups excluding tert-OH is 1. The van der Waals surface area contributed by atoms with Gasteiger partial charge in [-0.05, 0) is 69.7 Å². The van der Waals surface area contributed by atoms with Crippen LogP contribution in [0.1, 0.15) is 44.4 Å². The van der Waals surface area contributed by atoms with Crippen LogP contribution in [0.4, 0.5) is 0 Å². The molecule has 0 aliphatic carbocycles. The van der Waals surface area contributed by atoms with Crippen molar-refractivity contribution in [2.75, 3.05) is 0 Å². The molecular weight excluding hydrogens is 390 g/mol. The largest absolute Gasteiger partial charge is 0.459 e. The summed E-state index contributed by atoms with van der Waals surface area (Å²) in [5.74, 6) is 5.30. The van der Waals surface area contributed by atoms with Gasteiger partial charge in [0.1, 0.15) is 11.6 Å². The van der Waals surface area contributed by atoms with E-state index in [-0.39, 0.29) is 11.5 Å². The van der Waals surface area contributed by atoms with Crippen molar-refractivity contribution in [1.82, 2.24) is 4.72 Å². The van der Waals surface area contributed by atoms with Crippen LogP contribution in [0.5, 0.6) is 0 Å². The van der Waals surface area contributed by atoms with Gasteiger partial charge in [-0.3, -0.25) is 4.79 Å². The third-order valence-corrected chi connectivity index (χ3v) is 5.30. The maximum absolute atomic E-state index is 12.5. The Morgan fingerprint density at radius 2 is 1.52 bits per heavy atom. The second-order valence-corrected chi connectivity index (χ2v) is 9.22. The molecule has 0 saturated carbocycles. The zero-order valence-corrected chi connectivity index (χ0v) is 17.7. The molecule has 0 spiro atoms. The molecule has 0 bridgehead atoms. The summed E-state index contributed by atoms with van der Waals surface area (Å²) in [5, 5.41) is 9.05. The van der Waals surface area contributed by atoms with E-state index in [9.17, 15) is 13.2 Å². The first-order valence-corrected chi connectivity index (χ1v) is 10.6. The zero-order chi connectivity index (χ0) is 21.7. The minimum Gasteiger partial charge on any atom is -0.459 e. The Morgan fingerprint density at radius 3 is 1.97 bits per heavy atom. The number of nitrogens with one attached hydrogen (secondary N) is 1. The number of esters is 1. The first-order chi connectivity index (χ1) is 13.5. The van der Waals surface area contributed by atoms with Gasteiger partial charge < -0.3 is 9.84 Å². The molecule has 7 heteroatoms. The predicted molar refractivity (Wildman–Crippen MR) is 110 cm³/mol. The van der Waals surface area contributed by atoms with E-state index in [0.29, 0.717) is 5.56 Å². The second kappa shape index (κ2) is 9.23. The third-order valence-electron chi connectivity index (χ3n) is 3.74. The maximum Gasteiger partial charge on any atom is 0.324 e. The fourth-order valence-corrected chi connectivity index (χ4v) is 3.49. The van der Waals surface area contributed by atoms with Gasteiger partial charge in [0, 0.05) is 11.1 Å². The van der Waals surface area contributed by atoms with Crippen LogP contribution in [0.25, 0.3) is 0 Å². The third kappa shape index (κ3) is 7.02. The predicted octanol–water partition coefficient (Wildman–Crippen LogP) is 2.59. The first-order valence-electron chi connectivity index (χ1n) is 9.07. The summed E-state index contributed by atoms with van der Waals surface area (Å²) in [6, 6.07) is 12.2. The summed E-state index contributed by atoms with van der Waals surface area (Å²) in [6.07, 6.45) is 0. The number of hydrogen-bond donors (Lipinski definition) is 2. The van der Waals surface area contributed by atoms with E-state index in [1.54, 1.807) is 57.2 Å². The van der Waals surface area contributed by atoms with E-state index in [1.165, 1.54) is 19.1 Å². The highest BCUT2D eigenvalue weighted by Gasteiger charge is 2.26. The van der Waals surface area contributed by atoms with Crippen molar-refractivity contribution in [3.8, 4) is 11.8 Å². The van der Waals surface area contributed by atoms with Crippen LogP contribution in [0.2, 0.25) is 0 Å². The number of sulfonamides is 1. The van der Waals surface area contributed by atoms with Crippen molar-refractivity contribution < 1.29 is 23.1 Å². The average molecular weight is 416 g/mol. The molecule has 154 valence electrons. The molecule has 0 aliphatic heterocycles. The molecule has 0 saturated heterocycles. The number of carbonyl (C=O) groups excluding carboxylic acids is 1. The fourth-order valence-electron chi connectivity index (χ4n) is 2.29.